The molecule has 0 spiro atoms. The van der Waals surface area contributed by atoms with Crippen molar-refractivity contribution in [3.8, 4) is 5.75 Å². The number of hydrogen-bond donors (Lipinski definition) is 0. The van der Waals surface area contributed by atoms with Crippen molar-refractivity contribution in [2.45, 2.75) is 17.4 Å². The van der Waals surface area contributed by atoms with Crippen LogP contribution >= 0.6 is 23.1 Å². The lowest BCUT2D eigenvalue weighted by molar-refractivity contribution is -0.124. The van der Waals surface area contributed by atoms with Gasteiger partial charge in [0.15, 0.2) is 11.9 Å². The summed E-state index contributed by atoms with van der Waals surface area (Å²) in [5.41, 5.74) is 0. The predicted molar refractivity (Wildman–Crippen MR) is 74.6 cm³/mol. The number of fused-ring (bicyclic) bond motifs is 1. The number of thiophene rings is 1. The Morgan fingerprint density at radius 1 is 1.28 bits per heavy atom. The average Bonchev–Trinajstić information content (AvgIpc) is 2.91. The molecular formula is C14H12O2S2. The van der Waals surface area contributed by atoms with Crippen LogP contribution in [-0.4, -0.2) is 17.6 Å². The van der Waals surface area contributed by atoms with E-state index in [-0.39, 0.29) is 11.9 Å². The zero-order valence-electron chi connectivity index (χ0n) is 9.67. The minimum Gasteiger partial charge on any atom is -0.481 e. The minimum atomic E-state index is -0.313. The molecule has 0 fully saturated rings. The van der Waals surface area contributed by atoms with Gasteiger partial charge in [-0.1, -0.05) is 18.2 Å². The molecule has 1 unspecified atom stereocenters. The summed E-state index contributed by atoms with van der Waals surface area (Å²) in [5, 5.41) is 1.99. The summed E-state index contributed by atoms with van der Waals surface area (Å²) in [6.45, 7) is 0. The molecule has 1 aliphatic rings. The van der Waals surface area contributed by atoms with E-state index in [2.05, 4.69) is 0 Å². The molecule has 0 saturated heterocycles. The molecule has 1 aromatic heterocycles. The summed E-state index contributed by atoms with van der Waals surface area (Å²) in [5.74, 6) is 1.71. The third-order valence-electron chi connectivity index (χ3n) is 2.80. The van der Waals surface area contributed by atoms with Crippen molar-refractivity contribution in [1.29, 1.82) is 0 Å². The van der Waals surface area contributed by atoms with E-state index in [1.807, 2.05) is 41.8 Å². The molecule has 1 aromatic carbocycles. The maximum Gasteiger partial charge on any atom is 0.179 e. The molecule has 2 aromatic rings. The third-order valence-corrected chi connectivity index (χ3v) is 4.79. The Morgan fingerprint density at radius 2 is 2.17 bits per heavy atom. The molecule has 92 valence electrons. The van der Waals surface area contributed by atoms with Crippen LogP contribution in [0.1, 0.15) is 4.88 Å². The molecule has 2 nitrogen and oxygen atoms in total. The first-order valence-electron chi connectivity index (χ1n) is 5.76. The van der Waals surface area contributed by atoms with Gasteiger partial charge in [-0.05, 0) is 23.6 Å². The first kappa shape index (κ1) is 11.8. The van der Waals surface area contributed by atoms with Crippen LogP contribution in [0.5, 0.6) is 5.75 Å². The molecule has 1 aliphatic heterocycles. The van der Waals surface area contributed by atoms with Gasteiger partial charge in [0.05, 0.1) is 0 Å². The Bertz CT molecular complexity index is 549. The molecule has 2 heterocycles. The third kappa shape index (κ3) is 2.44. The molecule has 0 radical (unpaired) electrons. The Kier molecular flexibility index (Phi) is 3.39. The average molecular weight is 276 g/mol. The normalized spacial score (nSPS) is 17.9. The van der Waals surface area contributed by atoms with Gasteiger partial charge in [0.1, 0.15) is 5.75 Å². The standard InChI is InChI=1S/C14H12O2S2/c15-11(8-10-4-3-7-17-10)13-9-18-14-6-2-1-5-12(14)16-13/h1-7,13H,8-9H2. The number of carbonyl (C=O) groups excluding carboxylic acids is 1. The SMILES string of the molecule is O=C(Cc1cccs1)C1CSc2ccccc2O1. The summed E-state index contributed by atoms with van der Waals surface area (Å²) in [7, 11) is 0. The molecule has 4 heteroatoms. The van der Waals surface area contributed by atoms with Crippen molar-refractivity contribution < 1.29 is 9.53 Å². The summed E-state index contributed by atoms with van der Waals surface area (Å²) in [4.78, 5) is 14.4. The summed E-state index contributed by atoms with van der Waals surface area (Å²) >= 11 is 3.31. The number of hydrogen-bond acceptors (Lipinski definition) is 4. The molecule has 0 saturated carbocycles. The zero-order valence-corrected chi connectivity index (χ0v) is 11.3. The molecule has 0 amide bonds. The van der Waals surface area contributed by atoms with Crippen molar-refractivity contribution in [1.82, 2.24) is 0 Å². The van der Waals surface area contributed by atoms with Crippen LogP contribution in [0.2, 0.25) is 0 Å². The highest BCUT2D eigenvalue weighted by Gasteiger charge is 2.26. The number of ether oxygens (including phenoxy) is 1. The van der Waals surface area contributed by atoms with Gasteiger partial charge in [-0.2, -0.15) is 0 Å². The van der Waals surface area contributed by atoms with Gasteiger partial charge >= 0.3 is 0 Å². The van der Waals surface area contributed by atoms with Crippen molar-refractivity contribution >= 4 is 28.9 Å². The van der Waals surface area contributed by atoms with Crippen LogP contribution in [-0.2, 0) is 11.2 Å². The lowest BCUT2D eigenvalue weighted by Gasteiger charge is -2.24. The van der Waals surface area contributed by atoms with E-state index in [0.29, 0.717) is 12.2 Å². The maximum atomic E-state index is 12.1. The van der Waals surface area contributed by atoms with Crippen molar-refractivity contribution in [2.24, 2.45) is 0 Å². The predicted octanol–water partition coefficient (Wildman–Crippen LogP) is 3.41. The zero-order chi connectivity index (χ0) is 12.4. The van der Waals surface area contributed by atoms with Gasteiger partial charge < -0.3 is 4.74 Å². The first-order chi connectivity index (χ1) is 8.83. The van der Waals surface area contributed by atoms with E-state index < -0.39 is 0 Å². The van der Waals surface area contributed by atoms with Gasteiger partial charge in [0, 0.05) is 21.9 Å². The Morgan fingerprint density at radius 3 is 3.00 bits per heavy atom. The highest BCUT2D eigenvalue weighted by atomic mass is 32.2. The van der Waals surface area contributed by atoms with E-state index in [0.717, 1.165) is 15.5 Å². The fourth-order valence-corrected chi connectivity index (χ4v) is 3.61. The highest BCUT2D eigenvalue weighted by molar-refractivity contribution is 7.99. The highest BCUT2D eigenvalue weighted by Crippen LogP contribution is 2.35. The second kappa shape index (κ2) is 5.16. The number of Topliss-reactive ketones (excluding diaryl/α,β-unsaturated/α-hetero) is 1. The van der Waals surface area contributed by atoms with Crippen molar-refractivity contribution in [2.75, 3.05) is 5.75 Å². The summed E-state index contributed by atoms with van der Waals surface area (Å²) in [6.07, 6.45) is 0.164. The number of rotatable bonds is 3. The van der Waals surface area contributed by atoms with Crippen LogP contribution in [0.25, 0.3) is 0 Å². The number of carbonyl (C=O) groups is 1. The van der Waals surface area contributed by atoms with Crippen LogP contribution in [0.3, 0.4) is 0 Å². The minimum absolute atomic E-state index is 0.166. The second-order valence-electron chi connectivity index (χ2n) is 4.09. The quantitative estimate of drug-likeness (QED) is 0.859. The van der Waals surface area contributed by atoms with Gasteiger partial charge in [-0.25, -0.2) is 0 Å². The number of para-hydroxylation sites is 1. The molecule has 0 aliphatic carbocycles. The molecule has 1 atom stereocenters. The van der Waals surface area contributed by atoms with Gasteiger partial charge in [-0.15, -0.1) is 23.1 Å². The van der Waals surface area contributed by atoms with E-state index in [4.69, 9.17) is 4.74 Å². The van der Waals surface area contributed by atoms with Crippen LogP contribution in [0.4, 0.5) is 0 Å². The molecular weight excluding hydrogens is 264 g/mol. The van der Waals surface area contributed by atoms with Crippen molar-refractivity contribution in [3.63, 3.8) is 0 Å². The van der Waals surface area contributed by atoms with Crippen LogP contribution < -0.4 is 4.74 Å². The van der Waals surface area contributed by atoms with Gasteiger partial charge in [0.2, 0.25) is 0 Å². The van der Waals surface area contributed by atoms with Crippen LogP contribution in [0, 0.1) is 0 Å². The van der Waals surface area contributed by atoms with E-state index >= 15 is 0 Å². The fourth-order valence-electron chi connectivity index (χ4n) is 1.88. The first-order valence-corrected chi connectivity index (χ1v) is 7.63. The Balaban J connectivity index is 1.70. The van der Waals surface area contributed by atoms with E-state index in [9.17, 15) is 4.79 Å². The molecule has 0 N–H and O–H groups in total. The maximum absolute atomic E-state index is 12.1. The van der Waals surface area contributed by atoms with Crippen LogP contribution in [0.15, 0.2) is 46.7 Å². The fraction of sp³-hybridized carbons (Fsp3) is 0.214. The summed E-state index contributed by atoms with van der Waals surface area (Å²) in [6, 6.07) is 11.8. The lowest BCUT2D eigenvalue weighted by atomic mass is 10.1. The topological polar surface area (TPSA) is 26.3 Å². The Labute approximate surface area is 114 Å². The summed E-state index contributed by atoms with van der Waals surface area (Å²) < 4.78 is 5.78. The number of benzene rings is 1. The lowest BCUT2D eigenvalue weighted by Crippen LogP contribution is -2.33. The van der Waals surface area contributed by atoms with Gasteiger partial charge in [0.25, 0.3) is 0 Å². The second-order valence-corrected chi connectivity index (χ2v) is 6.18. The molecule has 0 bridgehead atoms. The number of ketones is 1. The van der Waals surface area contributed by atoms with Crippen molar-refractivity contribution in [3.05, 3.63) is 46.7 Å². The molecule has 3 rings (SSSR count). The number of thioether (sulfide) groups is 1. The Hall–Kier alpha value is -1.26. The largest absolute Gasteiger partial charge is 0.481 e. The van der Waals surface area contributed by atoms with E-state index in [1.54, 1.807) is 23.1 Å². The smallest absolute Gasteiger partial charge is 0.179 e. The molecule has 18 heavy (non-hydrogen) atoms. The monoisotopic (exact) mass is 276 g/mol. The van der Waals surface area contributed by atoms with E-state index in [1.165, 1.54) is 0 Å². The van der Waals surface area contributed by atoms with Gasteiger partial charge in [-0.3, -0.25) is 4.79 Å².